The summed E-state index contributed by atoms with van der Waals surface area (Å²) >= 11 is 6.20. The molecular formula is C15H21ClO3. The zero-order valence-electron chi connectivity index (χ0n) is 11.7. The van der Waals surface area contributed by atoms with Crippen molar-refractivity contribution in [1.29, 1.82) is 0 Å². The van der Waals surface area contributed by atoms with Crippen LogP contribution in [0.5, 0.6) is 0 Å². The van der Waals surface area contributed by atoms with Crippen LogP contribution in [0.1, 0.15) is 32.3 Å². The van der Waals surface area contributed by atoms with Crippen molar-refractivity contribution < 1.29 is 14.2 Å². The topological polar surface area (TPSA) is 27.7 Å². The normalized spacial score (nSPS) is 25.7. The molecule has 3 nitrogen and oxygen atoms in total. The molecule has 0 saturated carbocycles. The number of halogens is 1. The Bertz CT molecular complexity index is 418. The molecule has 2 atom stereocenters. The van der Waals surface area contributed by atoms with Crippen LogP contribution < -0.4 is 0 Å². The van der Waals surface area contributed by atoms with Gasteiger partial charge in [-0.2, -0.15) is 0 Å². The van der Waals surface area contributed by atoms with E-state index in [1.165, 1.54) is 0 Å². The molecule has 1 aliphatic heterocycles. The molecule has 1 fully saturated rings. The van der Waals surface area contributed by atoms with E-state index in [4.69, 9.17) is 25.8 Å². The molecule has 106 valence electrons. The Morgan fingerprint density at radius 1 is 1.21 bits per heavy atom. The molecule has 1 aliphatic rings. The maximum Gasteiger partial charge on any atom is 0.187 e. The number of ether oxygens (including phenoxy) is 3. The largest absolute Gasteiger partial charge is 0.353 e. The maximum atomic E-state index is 6.20. The number of hydrogen-bond acceptors (Lipinski definition) is 3. The number of hydrogen-bond donors (Lipinski definition) is 0. The SMILES string of the molecule is CCC1(CC)O[C@@H](OC)[C@@H](Cc2ccccc2Cl)O1. The highest BCUT2D eigenvalue weighted by Gasteiger charge is 2.45. The lowest BCUT2D eigenvalue weighted by molar-refractivity contribution is -0.208. The van der Waals surface area contributed by atoms with E-state index >= 15 is 0 Å². The molecule has 0 bridgehead atoms. The molecule has 0 unspecified atom stereocenters. The summed E-state index contributed by atoms with van der Waals surface area (Å²) in [6.07, 6.45) is 1.85. The van der Waals surface area contributed by atoms with Gasteiger partial charge in [0.05, 0.1) is 0 Å². The lowest BCUT2D eigenvalue weighted by Gasteiger charge is -2.24. The number of methoxy groups -OCH3 is 1. The van der Waals surface area contributed by atoms with Crippen LogP contribution >= 0.6 is 11.6 Å². The Morgan fingerprint density at radius 3 is 2.47 bits per heavy atom. The van der Waals surface area contributed by atoms with Gasteiger partial charge in [0, 0.05) is 18.6 Å². The molecule has 1 saturated heterocycles. The van der Waals surface area contributed by atoms with E-state index in [-0.39, 0.29) is 12.4 Å². The molecule has 0 aliphatic carbocycles. The van der Waals surface area contributed by atoms with E-state index in [2.05, 4.69) is 13.8 Å². The van der Waals surface area contributed by atoms with Crippen LogP contribution in [0, 0.1) is 0 Å². The van der Waals surface area contributed by atoms with Gasteiger partial charge in [-0.1, -0.05) is 43.6 Å². The van der Waals surface area contributed by atoms with Crippen molar-refractivity contribution in [2.24, 2.45) is 0 Å². The van der Waals surface area contributed by atoms with E-state index in [0.717, 1.165) is 23.4 Å². The standard InChI is InChI=1S/C15H21ClO3/c1-4-15(5-2)18-13(14(17-3)19-15)10-11-8-6-7-9-12(11)16/h6-9,13-14H,4-5,10H2,1-3H3/t13-,14-/m1/s1. The molecule has 19 heavy (non-hydrogen) atoms. The van der Waals surface area contributed by atoms with Crippen molar-refractivity contribution in [2.75, 3.05) is 7.11 Å². The van der Waals surface area contributed by atoms with Gasteiger partial charge in [-0.3, -0.25) is 0 Å². The molecule has 0 aromatic heterocycles. The zero-order valence-corrected chi connectivity index (χ0v) is 12.4. The van der Waals surface area contributed by atoms with Crippen molar-refractivity contribution >= 4 is 11.6 Å². The lowest BCUT2D eigenvalue weighted by atomic mass is 10.1. The molecule has 0 amide bonds. The van der Waals surface area contributed by atoms with Gasteiger partial charge in [-0.05, 0) is 24.5 Å². The third-order valence-corrected chi connectivity index (χ3v) is 4.06. The summed E-state index contributed by atoms with van der Waals surface area (Å²) in [5.74, 6) is -0.521. The van der Waals surface area contributed by atoms with Crippen LogP contribution in [0.15, 0.2) is 24.3 Å². The second-order valence-electron chi connectivity index (χ2n) is 4.79. The molecule has 0 radical (unpaired) electrons. The highest BCUT2D eigenvalue weighted by Crippen LogP contribution is 2.36. The summed E-state index contributed by atoms with van der Waals surface area (Å²) in [5, 5.41) is 0.756. The fraction of sp³-hybridized carbons (Fsp3) is 0.600. The van der Waals surface area contributed by atoms with Crippen molar-refractivity contribution in [1.82, 2.24) is 0 Å². The van der Waals surface area contributed by atoms with E-state index in [9.17, 15) is 0 Å². The molecule has 1 aromatic carbocycles. The van der Waals surface area contributed by atoms with Crippen molar-refractivity contribution in [3.8, 4) is 0 Å². The van der Waals surface area contributed by atoms with Crippen molar-refractivity contribution in [2.45, 2.75) is 51.3 Å². The predicted molar refractivity (Wildman–Crippen MR) is 75.2 cm³/mol. The average Bonchev–Trinajstić information content (AvgIpc) is 2.80. The molecule has 1 aromatic rings. The quantitative estimate of drug-likeness (QED) is 0.823. The van der Waals surface area contributed by atoms with E-state index < -0.39 is 5.79 Å². The summed E-state index contributed by atoms with van der Waals surface area (Å²) in [6.45, 7) is 4.13. The molecule has 4 heteroatoms. The average molecular weight is 285 g/mol. The first-order chi connectivity index (χ1) is 9.14. The van der Waals surface area contributed by atoms with Gasteiger partial charge in [0.1, 0.15) is 6.10 Å². The second-order valence-corrected chi connectivity index (χ2v) is 5.20. The first-order valence-electron chi connectivity index (χ1n) is 6.76. The maximum absolute atomic E-state index is 6.20. The molecule has 0 spiro atoms. The smallest absolute Gasteiger partial charge is 0.187 e. The Balaban J connectivity index is 2.13. The van der Waals surface area contributed by atoms with Gasteiger partial charge in [0.2, 0.25) is 0 Å². The monoisotopic (exact) mass is 284 g/mol. The minimum absolute atomic E-state index is 0.121. The second kappa shape index (κ2) is 6.23. The van der Waals surface area contributed by atoms with Gasteiger partial charge < -0.3 is 14.2 Å². The Labute approximate surface area is 119 Å². The van der Waals surface area contributed by atoms with Crippen LogP contribution in [0.3, 0.4) is 0 Å². The zero-order chi connectivity index (χ0) is 13.9. The van der Waals surface area contributed by atoms with E-state index in [0.29, 0.717) is 6.42 Å². The van der Waals surface area contributed by atoms with Crippen LogP contribution in [-0.4, -0.2) is 25.3 Å². The Kier molecular flexibility index (Phi) is 4.85. The minimum Gasteiger partial charge on any atom is -0.353 e. The number of rotatable bonds is 5. The summed E-state index contributed by atoms with van der Waals surface area (Å²) in [7, 11) is 1.65. The molecule has 2 rings (SSSR count). The van der Waals surface area contributed by atoms with Gasteiger partial charge in [-0.25, -0.2) is 0 Å². The van der Waals surface area contributed by atoms with E-state index in [1.807, 2.05) is 24.3 Å². The predicted octanol–water partition coefficient (Wildman–Crippen LogP) is 3.79. The summed E-state index contributed by atoms with van der Waals surface area (Å²) < 4.78 is 17.4. The molecular weight excluding hydrogens is 264 g/mol. The fourth-order valence-corrected chi connectivity index (χ4v) is 2.66. The van der Waals surface area contributed by atoms with E-state index in [1.54, 1.807) is 7.11 Å². The fourth-order valence-electron chi connectivity index (χ4n) is 2.45. The Hall–Kier alpha value is -0.610. The van der Waals surface area contributed by atoms with Crippen LogP contribution in [0.2, 0.25) is 5.02 Å². The highest BCUT2D eigenvalue weighted by molar-refractivity contribution is 6.31. The minimum atomic E-state index is -0.521. The Morgan fingerprint density at radius 2 is 1.89 bits per heavy atom. The van der Waals surface area contributed by atoms with Gasteiger partial charge >= 0.3 is 0 Å². The first kappa shape index (κ1) is 14.8. The van der Waals surface area contributed by atoms with Crippen molar-refractivity contribution in [3.63, 3.8) is 0 Å². The van der Waals surface area contributed by atoms with Gasteiger partial charge in [0.25, 0.3) is 0 Å². The van der Waals surface area contributed by atoms with Crippen LogP contribution in [0.4, 0.5) is 0 Å². The number of benzene rings is 1. The summed E-state index contributed by atoms with van der Waals surface area (Å²) in [4.78, 5) is 0. The molecule has 0 N–H and O–H groups in total. The first-order valence-corrected chi connectivity index (χ1v) is 7.13. The van der Waals surface area contributed by atoms with Crippen molar-refractivity contribution in [3.05, 3.63) is 34.9 Å². The third kappa shape index (κ3) is 3.11. The highest BCUT2D eigenvalue weighted by atomic mass is 35.5. The third-order valence-electron chi connectivity index (χ3n) is 3.69. The summed E-state index contributed by atoms with van der Waals surface area (Å²) in [5.41, 5.74) is 1.06. The molecule has 1 heterocycles. The van der Waals surface area contributed by atoms with Crippen LogP contribution in [-0.2, 0) is 20.6 Å². The lowest BCUT2D eigenvalue weighted by Crippen LogP contribution is -2.29. The summed E-state index contributed by atoms with van der Waals surface area (Å²) in [6, 6.07) is 7.80. The van der Waals surface area contributed by atoms with Gasteiger partial charge in [0.15, 0.2) is 12.1 Å². The van der Waals surface area contributed by atoms with Gasteiger partial charge in [-0.15, -0.1) is 0 Å². The van der Waals surface area contributed by atoms with Crippen LogP contribution in [0.25, 0.3) is 0 Å².